The summed E-state index contributed by atoms with van der Waals surface area (Å²) in [5, 5.41) is 20.8. The number of benzene rings is 1. The van der Waals surface area contributed by atoms with Gasteiger partial charge in [0.25, 0.3) is 0 Å². The number of halogens is 1. The van der Waals surface area contributed by atoms with Crippen molar-refractivity contribution in [2.45, 2.75) is 6.42 Å². The third-order valence-electron chi connectivity index (χ3n) is 2.72. The van der Waals surface area contributed by atoms with Gasteiger partial charge in [-0.25, -0.2) is 4.79 Å². The third kappa shape index (κ3) is 4.75. The van der Waals surface area contributed by atoms with Crippen molar-refractivity contribution >= 4 is 40.8 Å². The summed E-state index contributed by atoms with van der Waals surface area (Å²) in [6.45, 7) is 0. The van der Waals surface area contributed by atoms with Crippen molar-refractivity contribution in [3.05, 3.63) is 47.2 Å². The predicted octanol–water partition coefficient (Wildman–Crippen LogP) is 2.43. The topological polar surface area (TPSA) is 121 Å². The van der Waals surface area contributed by atoms with Crippen molar-refractivity contribution in [2.75, 3.05) is 10.6 Å². The molecule has 1 heterocycles. The average Bonchev–Trinajstić information content (AvgIpc) is 2.50. The number of carbonyl (C=O) groups excluding carboxylic acids is 2. The van der Waals surface area contributed by atoms with Crippen LogP contribution in [0.1, 0.15) is 16.8 Å². The fourth-order valence-electron chi connectivity index (χ4n) is 1.74. The number of amides is 2. The fraction of sp³-hybridized carbons (Fsp3) is 0.0714. The Bertz CT molecular complexity index is 752. The molecule has 0 aliphatic carbocycles. The molecule has 2 amide bonds. The van der Waals surface area contributed by atoms with E-state index in [1.54, 1.807) is 0 Å². The molecule has 23 heavy (non-hydrogen) atoms. The number of hydrogen-bond donors (Lipinski definition) is 3. The van der Waals surface area contributed by atoms with Crippen LogP contribution in [0.25, 0.3) is 0 Å². The third-order valence-corrected chi connectivity index (χ3v) is 2.96. The van der Waals surface area contributed by atoms with Crippen molar-refractivity contribution in [1.29, 1.82) is 0 Å². The van der Waals surface area contributed by atoms with Crippen LogP contribution >= 0.6 is 11.6 Å². The molecule has 0 atom stereocenters. The van der Waals surface area contributed by atoms with Crippen LogP contribution in [0, 0.1) is 0 Å². The first-order chi connectivity index (χ1) is 11.0. The van der Waals surface area contributed by atoms with Gasteiger partial charge < -0.3 is 10.4 Å². The Labute approximate surface area is 135 Å². The van der Waals surface area contributed by atoms with E-state index >= 15 is 0 Å². The van der Waals surface area contributed by atoms with Crippen molar-refractivity contribution in [1.82, 2.24) is 10.2 Å². The van der Waals surface area contributed by atoms with E-state index in [9.17, 15) is 14.4 Å². The maximum absolute atomic E-state index is 12.0. The highest BCUT2D eigenvalue weighted by Crippen LogP contribution is 2.26. The number of hydrogen-bond acceptors (Lipinski definition) is 5. The minimum absolute atomic E-state index is 0.147. The quantitative estimate of drug-likeness (QED) is 0.570. The van der Waals surface area contributed by atoms with Gasteiger partial charge in [0.2, 0.25) is 5.91 Å². The Balaban J connectivity index is 2.09. The molecule has 0 unspecified atom stereocenters. The average molecular weight is 335 g/mol. The normalized spacial score (nSPS) is 9.96. The molecule has 9 heteroatoms. The zero-order chi connectivity index (χ0) is 16.8. The van der Waals surface area contributed by atoms with E-state index in [1.807, 2.05) is 0 Å². The minimum atomic E-state index is -1.29. The molecule has 0 bridgehead atoms. The number of rotatable bonds is 5. The summed E-state index contributed by atoms with van der Waals surface area (Å²) in [5.41, 5.74) is 0.559. The van der Waals surface area contributed by atoms with E-state index in [4.69, 9.17) is 16.7 Å². The van der Waals surface area contributed by atoms with Gasteiger partial charge >= 0.3 is 6.09 Å². The molecule has 0 fully saturated rings. The van der Waals surface area contributed by atoms with Gasteiger partial charge in [0.1, 0.15) is 0 Å². The molecule has 0 aliphatic rings. The van der Waals surface area contributed by atoms with Crippen LogP contribution in [0.2, 0.25) is 5.02 Å². The number of Topliss-reactive ketones (excluding diaryl/α,β-unsaturated/α-hetero) is 1. The van der Waals surface area contributed by atoms with Crippen LogP contribution < -0.4 is 10.6 Å². The molecule has 118 valence electrons. The van der Waals surface area contributed by atoms with Crippen LogP contribution in [-0.2, 0) is 4.79 Å². The first-order valence-electron chi connectivity index (χ1n) is 6.35. The van der Waals surface area contributed by atoms with Gasteiger partial charge in [-0.15, -0.1) is 0 Å². The first kappa shape index (κ1) is 16.4. The molecule has 2 rings (SSSR count). The van der Waals surface area contributed by atoms with E-state index in [-0.39, 0.29) is 16.9 Å². The molecule has 0 spiro atoms. The zero-order valence-corrected chi connectivity index (χ0v) is 12.4. The van der Waals surface area contributed by atoms with Gasteiger partial charge in [0.15, 0.2) is 5.78 Å². The molecule has 8 nitrogen and oxygen atoms in total. The van der Waals surface area contributed by atoms with Gasteiger partial charge in [-0.2, -0.15) is 10.2 Å². The second kappa shape index (κ2) is 7.32. The number of nitrogens with zero attached hydrogens (tertiary/aromatic N) is 2. The number of nitrogens with one attached hydrogen (secondary N) is 2. The summed E-state index contributed by atoms with van der Waals surface area (Å²) in [6.07, 6.45) is 0.885. The van der Waals surface area contributed by atoms with Gasteiger partial charge in [0, 0.05) is 10.6 Å². The fourth-order valence-corrected chi connectivity index (χ4v) is 1.91. The maximum Gasteiger partial charge on any atom is 0.409 e. The summed E-state index contributed by atoms with van der Waals surface area (Å²) < 4.78 is 0. The van der Waals surface area contributed by atoms with Crippen molar-refractivity contribution in [2.24, 2.45) is 0 Å². The molecule has 1 aromatic heterocycles. The SMILES string of the molecule is O=C(O)Nc1ccc(Cl)cc1NC(=O)CC(=O)c1ccnnc1. The van der Waals surface area contributed by atoms with Gasteiger partial charge in [-0.3, -0.25) is 14.9 Å². The standard InChI is InChI=1S/C14H11ClN4O4/c15-9-1-2-10(19-14(22)23)11(5-9)18-13(21)6-12(20)8-3-4-16-17-7-8/h1-5,7,19H,6H2,(H,18,21)(H,22,23). The monoisotopic (exact) mass is 334 g/mol. The first-order valence-corrected chi connectivity index (χ1v) is 6.73. The second-order valence-corrected chi connectivity index (χ2v) is 4.84. The van der Waals surface area contributed by atoms with E-state index in [1.165, 1.54) is 36.7 Å². The highest BCUT2D eigenvalue weighted by molar-refractivity contribution is 6.31. The summed E-state index contributed by atoms with van der Waals surface area (Å²) in [6, 6.07) is 5.69. The van der Waals surface area contributed by atoms with Crippen molar-refractivity contribution in [3.8, 4) is 0 Å². The molecular weight excluding hydrogens is 324 g/mol. The molecular formula is C14H11ClN4O4. The lowest BCUT2D eigenvalue weighted by Gasteiger charge is -2.11. The molecule has 0 radical (unpaired) electrons. The Kier molecular flexibility index (Phi) is 5.21. The lowest BCUT2D eigenvalue weighted by atomic mass is 10.1. The summed E-state index contributed by atoms with van der Waals surface area (Å²) in [7, 11) is 0. The summed E-state index contributed by atoms with van der Waals surface area (Å²) in [4.78, 5) is 34.6. The number of ketones is 1. The van der Waals surface area contributed by atoms with Crippen molar-refractivity contribution < 1.29 is 19.5 Å². The Hall–Kier alpha value is -3.00. The van der Waals surface area contributed by atoms with Crippen LogP contribution in [0.3, 0.4) is 0 Å². The summed E-state index contributed by atoms with van der Waals surface area (Å²) in [5.74, 6) is -1.05. The largest absolute Gasteiger partial charge is 0.465 e. The Morgan fingerprint density at radius 2 is 1.87 bits per heavy atom. The summed E-state index contributed by atoms with van der Waals surface area (Å²) >= 11 is 5.83. The van der Waals surface area contributed by atoms with Crippen LogP contribution in [0.15, 0.2) is 36.7 Å². The molecule has 0 aliphatic heterocycles. The van der Waals surface area contributed by atoms with E-state index < -0.39 is 24.2 Å². The van der Waals surface area contributed by atoms with Crippen LogP contribution in [0.4, 0.5) is 16.2 Å². The van der Waals surface area contributed by atoms with Crippen LogP contribution in [0.5, 0.6) is 0 Å². The number of carboxylic acid groups (broad SMARTS) is 1. The molecule has 0 saturated heterocycles. The minimum Gasteiger partial charge on any atom is -0.465 e. The molecule has 3 N–H and O–H groups in total. The van der Waals surface area contributed by atoms with Crippen LogP contribution in [-0.4, -0.2) is 33.1 Å². The van der Waals surface area contributed by atoms with E-state index in [0.717, 1.165) is 0 Å². The predicted molar refractivity (Wildman–Crippen MR) is 82.7 cm³/mol. The maximum atomic E-state index is 12.0. The highest BCUT2D eigenvalue weighted by atomic mass is 35.5. The van der Waals surface area contributed by atoms with Gasteiger partial charge in [0.05, 0.1) is 30.2 Å². The Morgan fingerprint density at radius 1 is 1.09 bits per heavy atom. The second-order valence-electron chi connectivity index (χ2n) is 4.40. The lowest BCUT2D eigenvalue weighted by molar-refractivity contribution is -0.115. The number of anilines is 2. The molecule has 2 aromatic rings. The lowest BCUT2D eigenvalue weighted by Crippen LogP contribution is -2.18. The molecule has 1 aromatic carbocycles. The zero-order valence-electron chi connectivity index (χ0n) is 11.6. The Morgan fingerprint density at radius 3 is 2.52 bits per heavy atom. The van der Waals surface area contributed by atoms with E-state index in [2.05, 4.69) is 20.8 Å². The van der Waals surface area contributed by atoms with Gasteiger partial charge in [-0.05, 0) is 24.3 Å². The highest BCUT2D eigenvalue weighted by Gasteiger charge is 2.14. The van der Waals surface area contributed by atoms with Crippen molar-refractivity contribution in [3.63, 3.8) is 0 Å². The van der Waals surface area contributed by atoms with E-state index in [0.29, 0.717) is 5.02 Å². The number of carbonyl (C=O) groups is 3. The molecule has 0 saturated carbocycles. The number of aromatic nitrogens is 2. The smallest absolute Gasteiger partial charge is 0.409 e. The van der Waals surface area contributed by atoms with Gasteiger partial charge in [-0.1, -0.05) is 11.6 Å².